The van der Waals surface area contributed by atoms with E-state index in [1.54, 1.807) is 43.3 Å². The van der Waals surface area contributed by atoms with Gasteiger partial charge in [-0.2, -0.15) is 0 Å². The number of hydrogen-bond acceptors (Lipinski definition) is 10. The van der Waals surface area contributed by atoms with E-state index < -0.39 is 17.8 Å². The van der Waals surface area contributed by atoms with Gasteiger partial charge in [0.2, 0.25) is 12.5 Å². The van der Waals surface area contributed by atoms with E-state index in [1.807, 2.05) is 12.1 Å². The SMILES string of the molecule is COc1cc([C@@H]2c3cc4c(cc3[C@@H](Nc3ccc(F)cc3)[C@H]3COC(=O)[C@H]23)OCO4)cc(OC)c1OC(=O)CN(C)C. The maximum Gasteiger partial charge on any atom is 0.325 e. The first-order valence-corrected chi connectivity index (χ1v) is 13.5. The summed E-state index contributed by atoms with van der Waals surface area (Å²) in [6.07, 6.45) is 0. The molecule has 220 valence electrons. The van der Waals surface area contributed by atoms with Crippen molar-refractivity contribution in [2.45, 2.75) is 12.0 Å². The molecule has 11 heteroatoms. The van der Waals surface area contributed by atoms with Crippen molar-refractivity contribution in [3.63, 3.8) is 0 Å². The number of carbonyl (C=O) groups excluding carboxylic acids is 2. The number of anilines is 1. The Balaban J connectivity index is 1.49. The zero-order valence-electron chi connectivity index (χ0n) is 23.6. The second kappa shape index (κ2) is 11.1. The third kappa shape index (κ3) is 4.94. The summed E-state index contributed by atoms with van der Waals surface area (Å²) in [4.78, 5) is 27.6. The van der Waals surface area contributed by atoms with Crippen molar-refractivity contribution in [1.29, 1.82) is 0 Å². The Morgan fingerprint density at radius 3 is 2.24 bits per heavy atom. The van der Waals surface area contributed by atoms with E-state index in [2.05, 4.69) is 5.32 Å². The van der Waals surface area contributed by atoms with Crippen molar-refractivity contribution in [2.24, 2.45) is 11.8 Å². The number of hydrogen-bond donors (Lipinski definition) is 1. The predicted octanol–water partition coefficient (Wildman–Crippen LogP) is 4.13. The number of likely N-dealkylation sites (N-methyl/N-ethyl adjacent to an activating group) is 1. The summed E-state index contributed by atoms with van der Waals surface area (Å²) in [6, 6.07) is 13.1. The highest BCUT2D eigenvalue weighted by Gasteiger charge is 2.52. The van der Waals surface area contributed by atoms with Gasteiger partial charge in [-0.25, -0.2) is 4.39 Å². The summed E-state index contributed by atoms with van der Waals surface area (Å²) in [7, 11) is 6.48. The van der Waals surface area contributed by atoms with E-state index in [1.165, 1.54) is 26.4 Å². The average molecular weight is 579 g/mol. The standard InChI is InChI=1S/C31H31FN2O8/c1-34(2)13-26(35)42-30-24(37-3)9-16(10-25(30)38-4)27-19-11-22-23(41-15-40-22)12-20(19)29(21-14-39-31(36)28(21)27)33-18-7-5-17(32)6-8-18/h5-12,21,27-29,33H,13-15H2,1-4H3/t21-,27+,28-,29+/m0/s1. The van der Waals surface area contributed by atoms with Crippen LogP contribution in [0.4, 0.5) is 10.1 Å². The summed E-state index contributed by atoms with van der Waals surface area (Å²) in [6.45, 7) is 0.346. The van der Waals surface area contributed by atoms with E-state index in [0.29, 0.717) is 22.7 Å². The van der Waals surface area contributed by atoms with Gasteiger partial charge in [-0.1, -0.05) is 0 Å². The first-order valence-electron chi connectivity index (χ1n) is 13.5. The molecule has 2 heterocycles. The second-order valence-electron chi connectivity index (χ2n) is 10.7. The third-order valence-corrected chi connectivity index (χ3v) is 7.86. The molecule has 1 saturated heterocycles. The molecule has 1 N–H and O–H groups in total. The van der Waals surface area contributed by atoms with Crippen molar-refractivity contribution in [1.82, 2.24) is 4.90 Å². The van der Waals surface area contributed by atoms with Crippen molar-refractivity contribution >= 4 is 17.6 Å². The number of carbonyl (C=O) groups is 2. The van der Waals surface area contributed by atoms with Gasteiger partial charge in [0.1, 0.15) is 5.82 Å². The van der Waals surface area contributed by atoms with Gasteiger partial charge in [0.05, 0.1) is 39.3 Å². The van der Waals surface area contributed by atoms with Crippen molar-refractivity contribution in [3.05, 3.63) is 71.0 Å². The molecule has 0 aromatic heterocycles. The Morgan fingerprint density at radius 2 is 1.62 bits per heavy atom. The van der Waals surface area contributed by atoms with Crippen molar-refractivity contribution in [3.8, 4) is 28.7 Å². The summed E-state index contributed by atoms with van der Waals surface area (Å²) in [5, 5.41) is 3.50. The Hall–Kier alpha value is -4.51. The molecule has 4 atom stereocenters. The van der Waals surface area contributed by atoms with E-state index in [9.17, 15) is 14.0 Å². The zero-order chi connectivity index (χ0) is 29.5. The first-order chi connectivity index (χ1) is 20.3. The maximum atomic E-state index is 13.7. The van der Waals surface area contributed by atoms with E-state index in [4.69, 9.17) is 28.4 Å². The number of halogens is 1. The lowest BCUT2D eigenvalue weighted by Crippen LogP contribution is -2.37. The highest BCUT2D eigenvalue weighted by Crippen LogP contribution is 2.56. The number of nitrogens with zero attached hydrogens (tertiary/aromatic N) is 1. The van der Waals surface area contributed by atoms with Gasteiger partial charge in [-0.15, -0.1) is 0 Å². The van der Waals surface area contributed by atoms with Crippen LogP contribution < -0.4 is 29.0 Å². The molecule has 0 spiro atoms. The molecule has 3 aliphatic rings. The lowest BCUT2D eigenvalue weighted by molar-refractivity contribution is -0.141. The minimum Gasteiger partial charge on any atom is -0.493 e. The van der Waals surface area contributed by atoms with Crippen LogP contribution in [0.5, 0.6) is 28.7 Å². The molecular weight excluding hydrogens is 547 g/mol. The van der Waals surface area contributed by atoms with Gasteiger partial charge >= 0.3 is 11.9 Å². The molecule has 3 aromatic carbocycles. The van der Waals surface area contributed by atoms with Gasteiger partial charge in [0.25, 0.3) is 0 Å². The molecular formula is C31H31FN2O8. The smallest absolute Gasteiger partial charge is 0.325 e. The van der Waals surface area contributed by atoms with Gasteiger partial charge in [0.15, 0.2) is 23.0 Å². The molecule has 42 heavy (non-hydrogen) atoms. The fraction of sp³-hybridized carbons (Fsp3) is 0.355. The molecule has 3 aromatic rings. The fourth-order valence-corrected chi connectivity index (χ4v) is 6.06. The first kappa shape index (κ1) is 27.6. The number of esters is 2. The van der Waals surface area contributed by atoms with E-state index in [-0.39, 0.29) is 60.9 Å². The predicted molar refractivity (Wildman–Crippen MR) is 149 cm³/mol. The Morgan fingerprint density at radius 1 is 0.976 bits per heavy atom. The lowest BCUT2D eigenvalue weighted by Gasteiger charge is -2.40. The number of fused-ring (bicyclic) bond motifs is 3. The van der Waals surface area contributed by atoms with Gasteiger partial charge in [-0.05, 0) is 79.3 Å². The van der Waals surface area contributed by atoms with Crippen LogP contribution in [0, 0.1) is 17.7 Å². The Kier molecular flexibility index (Phi) is 7.28. The van der Waals surface area contributed by atoms with Gasteiger partial charge < -0.3 is 33.7 Å². The van der Waals surface area contributed by atoms with Crippen LogP contribution in [0.3, 0.4) is 0 Å². The van der Waals surface area contributed by atoms with Gasteiger partial charge in [0, 0.05) is 17.5 Å². The minimum absolute atomic E-state index is 0.0648. The number of benzene rings is 3. The van der Waals surface area contributed by atoms with Crippen molar-refractivity contribution < 1.29 is 42.4 Å². The number of cyclic esters (lactones) is 1. The number of methoxy groups -OCH3 is 2. The van der Waals surface area contributed by atoms with Crippen LogP contribution in [-0.2, 0) is 14.3 Å². The quantitative estimate of drug-likeness (QED) is 0.310. The average Bonchev–Trinajstić information content (AvgIpc) is 3.59. The maximum absolute atomic E-state index is 13.7. The lowest BCUT2D eigenvalue weighted by atomic mass is 9.65. The third-order valence-electron chi connectivity index (χ3n) is 7.86. The molecule has 1 aliphatic carbocycles. The summed E-state index contributed by atoms with van der Waals surface area (Å²) < 4.78 is 47.7. The zero-order valence-corrected chi connectivity index (χ0v) is 23.6. The van der Waals surface area contributed by atoms with Crippen LogP contribution in [0.1, 0.15) is 28.7 Å². The Labute approximate surface area is 242 Å². The molecule has 0 unspecified atom stereocenters. The highest BCUT2D eigenvalue weighted by atomic mass is 19.1. The largest absolute Gasteiger partial charge is 0.493 e. The summed E-state index contributed by atoms with van der Waals surface area (Å²) >= 11 is 0. The molecule has 6 rings (SSSR count). The minimum atomic E-state index is -0.577. The number of ether oxygens (including phenoxy) is 6. The van der Waals surface area contributed by atoms with Crippen LogP contribution in [-0.4, -0.2) is 65.1 Å². The molecule has 2 aliphatic heterocycles. The van der Waals surface area contributed by atoms with E-state index in [0.717, 1.165) is 11.1 Å². The highest BCUT2D eigenvalue weighted by molar-refractivity contribution is 5.80. The van der Waals surface area contributed by atoms with Crippen LogP contribution in [0.25, 0.3) is 0 Å². The Bertz CT molecular complexity index is 1500. The summed E-state index contributed by atoms with van der Waals surface area (Å²) in [5.74, 6) is -0.591. The molecule has 10 nitrogen and oxygen atoms in total. The topological polar surface area (TPSA) is 105 Å². The summed E-state index contributed by atoms with van der Waals surface area (Å²) in [5.41, 5.74) is 3.15. The molecule has 0 amide bonds. The van der Waals surface area contributed by atoms with Gasteiger partial charge in [-0.3, -0.25) is 14.5 Å². The molecule has 1 fully saturated rings. The van der Waals surface area contributed by atoms with Crippen LogP contribution in [0.2, 0.25) is 0 Å². The fourth-order valence-electron chi connectivity index (χ4n) is 6.06. The second-order valence-corrected chi connectivity index (χ2v) is 10.7. The molecule has 0 bridgehead atoms. The van der Waals surface area contributed by atoms with E-state index >= 15 is 0 Å². The normalized spacial score (nSPS) is 21.8. The molecule has 0 saturated carbocycles. The monoisotopic (exact) mass is 578 g/mol. The number of nitrogens with one attached hydrogen (secondary N) is 1. The van der Waals surface area contributed by atoms with Crippen LogP contribution >= 0.6 is 0 Å². The van der Waals surface area contributed by atoms with Crippen LogP contribution in [0.15, 0.2) is 48.5 Å². The molecule has 0 radical (unpaired) electrons. The van der Waals surface area contributed by atoms with Crippen molar-refractivity contribution in [2.75, 3.05) is 53.6 Å². The number of rotatable bonds is 8.